The van der Waals surface area contributed by atoms with Crippen LogP contribution in [0.15, 0.2) is 0 Å². The van der Waals surface area contributed by atoms with Gasteiger partial charge in [0.15, 0.2) is 0 Å². The van der Waals surface area contributed by atoms with Crippen molar-refractivity contribution in [2.75, 3.05) is 33.2 Å². The Morgan fingerprint density at radius 1 is 0.952 bits per heavy atom. The summed E-state index contributed by atoms with van der Waals surface area (Å²) >= 11 is 0. The van der Waals surface area contributed by atoms with Crippen LogP contribution in [0.1, 0.15) is 77.6 Å². The number of nitrogens with zero attached hydrogens (tertiary/aromatic N) is 1. The summed E-state index contributed by atoms with van der Waals surface area (Å²) in [5.74, 6) is 0. The summed E-state index contributed by atoms with van der Waals surface area (Å²) in [6.45, 7) is 5.94. The molecule has 21 heavy (non-hydrogen) atoms. The number of rotatable bonds is 13. The Hall–Kier alpha value is -0.120. The maximum atomic E-state index is 10.3. The van der Waals surface area contributed by atoms with Crippen molar-refractivity contribution in [1.82, 2.24) is 10.2 Å². The molecule has 1 unspecified atom stereocenters. The summed E-state index contributed by atoms with van der Waals surface area (Å²) in [5.41, 5.74) is -0.479. The summed E-state index contributed by atoms with van der Waals surface area (Å²) < 4.78 is 0. The lowest BCUT2D eigenvalue weighted by Crippen LogP contribution is -2.43. The fourth-order valence-corrected chi connectivity index (χ4v) is 3.32. The van der Waals surface area contributed by atoms with Crippen molar-refractivity contribution < 1.29 is 5.11 Å². The number of β-amino-alcohol motifs (C(OH)–C–C–N with tert-alkyl or cyclic N) is 1. The van der Waals surface area contributed by atoms with Crippen molar-refractivity contribution >= 4 is 0 Å². The molecule has 1 fully saturated rings. The van der Waals surface area contributed by atoms with E-state index in [1.165, 1.54) is 64.2 Å². The highest BCUT2D eigenvalue weighted by molar-refractivity contribution is 4.89. The average molecular weight is 299 g/mol. The van der Waals surface area contributed by atoms with Gasteiger partial charge in [0.25, 0.3) is 0 Å². The summed E-state index contributed by atoms with van der Waals surface area (Å²) in [7, 11) is 2.14. The van der Waals surface area contributed by atoms with Gasteiger partial charge in [-0.3, -0.25) is 0 Å². The maximum absolute atomic E-state index is 10.3. The van der Waals surface area contributed by atoms with Crippen LogP contribution < -0.4 is 5.32 Å². The Bertz CT molecular complexity index is 239. The molecule has 1 rings (SSSR count). The number of aliphatic hydroxyl groups is 1. The molecule has 0 saturated carbocycles. The molecular formula is C18H38N2O. The van der Waals surface area contributed by atoms with Gasteiger partial charge in [-0.15, -0.1) is 0 Å². The highest BCUT2D eigenvalue weighted by Crippen LogP contribution is 2.16. The smallest absolute Gasteiger partial charge is 0.0909 e. The van der Waals surface area contributed by atoms with Crippen molar-refractivity contribution in [3.8, 4) is 0 Å². The Kier molecular flexibility index (Phi) is 10.3. The van der Waals surface area contributed by atoms with E-state index in [1.54, 1.807) is 0 Å². The first-order chi connectivity index (χ1) is 10.2. The van der Waals surface area contributed by atoms with E-state index in [-0.39, 0.29) is 0 Å². The van der Waals surface area contributed by atoms with Crippen molar-refractivity contribution in [3.63, 3.8) is 0 Å². The Balaban J connectivity index is 1.85. The van der Waals surface area contributed by atoms with Crippen molar-refractivity contribution in [2.45, 2.75) is 83.2 Å². The highest BCUT2D eigenvalue weighted by Gasteiger charge is 2.31. The van der Waals surface area contributed by atoms with Gasteiger partial charge in [0.1, 0.15) is 0 Å². The molecular weight excluding hydrogens is 260 g/mol. The van der Waals surface area contributed by atoms with E-state index >= 15 is 0 Å². The zero-order valence-electron chi connectivity index (χ0n) is 14.5. The van der Waals surface area contributed by atoms with E-state index < -0.39 is 5.60 Å². The van der Waals surface area contributed by atoms with Crippen LogP contribution in [0.3, 0.4) is 0 Å². The number of likely N-dealkylation sites (N-methyl/N-ethyl adjacent to an activating group) is 1. The third-order valence-corrected chi connectivity index (χ3v) is 4.68. The standard InChI is InChI=1S/C18H38N2O/c1-3-4-5-6-7-8-9-10-11-12-15-20(2)17-18(21)13-14-19-16-18/h19,21H,3-17H2,1-2H3. The highest BCUT2D eigenvalue weighted by atomic mass is 16.3. The lowest BCUT2D eigenvalue weighted by Gasteiger charge is -2.27. The second-order valence-electron chi connectivity index (χ2n) is 7.07. The molecule has 126 valence electrons. The molecule has 0 radical (unpaired) electrons. The predicted molar refractivity (Wildman–Crippen MR) is 91.8 cm³/mol. The predicted octanol–water partition coefficient (Wildman–Crippen LogP) is 3.56. The molecule has 1 atom stereocenters. The molecule has 2 N–H and O–H groups in total. The van der Waals surface area contributed by atoms with Crippen LogP contribution >= 0.6 is 0 Å². The number of nitrogens with one attached hydrogen (secondary N) is 1. The van der Waals surface area contributed by atoms with Crippen molar-refractivity contribution in [3.05, 3.63) is 0 Å². The van der Waals surface area contributed by atoms with E-state index in [0.29, 0.717) is 0 Å². The molecule has 0 spiro atoms. The number of hydrogen-bond donors (Lipinski definition) is 2. The van der Waals surface area contributed by atoms with Gasteiger partial charge in [0.05, 0.1) is 5.60 Å². The number of unbranched alkanes of at least 4 members (excludes halogenated alkanes) is 9. The second-order valence-corrected chi connectivity index (χ2v) is 7.07. The van der Waals surface area contributed by atoms with Crippen LogP contribution in [0.25, 0.3) is 0 Å². The molecule has 0 aromatic carbocycles. The summed E-state index contributed by atoms with van der Waals surface area (Å²) in [5, 5.41) is 13.6. The van der Waals surface area contributed by atoms with Gasteiger partial charge < -0.3 is 15.3 Å². The van der Waals surface area contributed by atoms with Gasteiger partial charge in [-0.2, -0.15) is 0 Å². The van der Waals surface area contributed by atoms with Crippen LogP contribution in [0.2, 0.25) is 0 Å². The molecule has 1 heterocycles. The van der Waals surface area contributed by atoms with Crippen LogP contribution in [0, 0.1) is 0 Å². The fourth-order valence-electron chi connectivity index (χ4n) is 3.32. The third-order valence-electron chi connectivity index (χ3n) is 4.68. The van der Waals surface area contributed by atoms with Crippen LogP contribution in [-0.2, 0) is 0 Å². The summed E-state index contributed by atoms with van der Waals surface area (Å²) in [4.78, 5) is 2.30. The van der Waals surface area contributed by atoms with E-state index in [0.717, 1.165) is 32.6 Å². The Morgan fingerprint density at radius 2 is 1.52 bits per heavy atom. The van der Waals surface area contributed by atoms with E-state index in [1.807, 2.05) is 0 Å². The SMILES string of the molecule is CCCCCCCCCCCCN(C)CC1(O)CCNC1. The first-order valence-electron chi connectivity index (χ1n) is 9.28. The lowest BCUT2D eigenvalue weighted by molar-refractivity contribution is 0.0280. The lowest BCUT2D eigenvalue weighted by atomic mass is 10.0. The Labute approximate surface area is 132 Å². The molecule has 3 heteroatoms. The van der Waals surface area contributed by atoms with Crippen LogP contribution in [0.5, 0.6) is 0 Å². The van der Waals surface area contributed by atoms with Crippen molar-refractivity contribution in [2.24, 2.45) is 0 Å². The van der Waals surface area contributed by atoms with E-state index in [2.05, 4.69) is 24.2 Å². The largest absolute Gasteiger partial charge is 0.387 e. The molecule has 0 bridgehead atoms. The first-order valence-corrected chi connectivity index (χ1v) is 9.28. The van der Waals surface area contributed by atoms with E-state index in [4.69, 9.17) is 0 Å². The minimum atomic E-state index is -0.479. The minimum absolute atomic E-state index is 0.479. The monoisotopic (exact) mass is 298 g/mol. The molecule has 1 aliphatic rings. The quantitative estimate of drug-likeness (QED) is 0.510. The van der Waals surface area contributed by atoms with Gasteiger partial charge in [-0.05, 0) is 33.0 Å². The summed E-state index contributed by atoms with van der Waals surface area (Å²) in [6.07, 6.45) is 14.8. The average Bonchev–Trinajstić information content (AvgIpc) is 2.87. The molecule has 0 amide bonds. The third kappa shape index (κ3) is 9.49. The van der Waals surface area contributed by atoms with Gasteiger partial charge in [-0.25, -0.2) is 0 Å². The Morgan fingerprint density at radius 3 is 2.05 bits per heavy atom. The van der Waals surface area contributed by atoms with Gasteiger partial charge in [-0.1, -0.05) is 64.7 Å². The normalized spacial score (nSPS) is 22.3. The van der Waals surface area contributed by atoms with Crippen LogP contribution in [0.4, 0.5) is 0 Å². The molecule has 0 aromatic rings. The van der Waals surface area contributed by atoms with Gasteiger partial charge >= 0.3 is 0 Å². The zero-order chi connectivity index (χ0) is 15.4. The van der Waals surface area contributed by atoms with Crippen LogP contribution in [-0.4, -0.2) is 48.8 Å². The molecule has 1 aliphatic heterocycles. The molecule has 0 aliphatic carbocycles. The van der Waals surface area contributed by atoms with Crippen molar-refractivity contribution in [1.29, 1.82) is 0 Å². The van der Waals surface area contributed by atoms with Gasteiger partial charge in [0.2, 0.25) is 0 Å². The summed E-state index contributed by atoms with van der Waals surface area (Å²) in [6, 6.07) is 0. The topological polar surface area (TPSA) is 35.5 Å². The number of hydrogen-bond acceptors (Lipinski definition) is 3. The first kappa shape index (κ1) is 18.9. The van der Waals surface area contributed by atoms with E-state index in [9.17, 15) is 5.11 Å². The second kappa shape index (κ2) is 11.4. The molecule has 0 aromatic heterocycles. The van der Waals surface area contributed by atoms with Gasteiger partial charge in [0, 0.05) is 13.1 Å². The fraction of sp³-hybridized carbons (Fsp3) is 1.00. The molecule has 1 saturated heterocycles. The minimum Gasteiger partial charge on any atom is -0.387 e. The zero-order valence-corrected chi connectivity index (χ0v) is 14.5. The molecule has 3 nitrogen and oxygen atoms in total. The maximum Gasteiger partial charge on any atom is 0.0909 e.